The van der Waals surface area contributed by atoms with Crippen LogP contribution >= 0.6 is 24.0 Å². The molecule has 0 spiro atoms. The van der Waals surface area contributed by atoms with Gasteiger partial charge in [-0.05, 0) is 12.5 Å². The fourth-order valence-corrected chi connectivity index (χ4v) is 3.29. The van der Waals surface area contributed by atoms with Crippen molar-refractivity contribution in [1.29, 1.82) is 0 Å². The average Bonchev–Trinajstić information content (AvgIpc) is 2.62. The summed E-state index contributed by atoms with van der Waals surface area (Å²) in [7, 11) is -1.44. The monoisotopic (exact) mass is 510 g/mol. The number of ether oxygens (including phenoxy) is 1. The minimum Gasteiger partial charge on any atom is -0.489 e. The van der Waals surface area contributed by atoms with Crippen LogP contribution in [0.2, 0.25) is 0 Å². The van der Waals surface area contributed by atoms with Gasteiger partial charge in [0.1, 0.15) is 12.4 Å². The highest BCUT2D eigenvalue weighted by Gasteiger charge is 2.13. The predicted octanol–water partition coefficient (Wildman–Crippen LogP) is 2.21. The van der Waals surface area contributed by atoms with Crippen LogP contribution in [0.25, 0.3) is 0 Å². The summed E-state index contributed by atoms with van der Waals surface area (Å²) < 4.78 is 30.2. The molecular formula is C18H31IN4O3S. The standard InChI is InChI=1S/C18H30N4O3S.HI/c1-5-14-25-17-11-8-7-10-16(17)15-21-18(19-3)20-12-9-13-22(6-2)26(4,23)24;/h5,7-8,10-11H,1,6,9,12-15H2,2-4H3,(H2,19,20,21);1H. The molecule has 2 N–H and O–H groups in total. The number of sulfonamides is 1. The van der Waals surface area contributed by atoms with Crippen molar-refractivity contribution in [3.05, 3.63) is 42.5 Å². The van der Waals surface area contributed by atoms with Gasteiger partial charge in [-0.3, -0.25) is 4.99 Å². The van der Waals surface area contributed by atoms with E-state index in [0.29, 0.717) is 45.2 Å². The van der Waals surface area contributed by atoms with Crippen LogP contribution < -0.4 is 15.4 Å². The molecule has 0 saturated carbocycles. The first kappa shape index (κ1) is 25.7. The fourth-order valence-electron chi connectivity index (χ4n) is 2.36. The summed E-state index contributed by atoms with van der Waals surface area (Å²) in [5, 5.41) is 6.43. The van der Waals surface area contributed by atoms with E-state index in [1.807, 2.05) is 31.2 Å². The van der Waals surface area contributed by atoms with Crippen LogP contribution in [0.3, 0.4) is 0 Å². The van der Waals surface area contributed by atoms with E-state index < -0.39 is 10.0 Å². The van der Waals surface area contributed by atoms with Gasteiger partial charge in [-0.1, -0.05) is 37.8 Å². The van der Waals surface area contributed by atoms with E-state index in [1.165, 1.54) is 10.6 Å². The molecule has 1 aromatic carbocycles. The Hall–Kier alpha value is -1.33. The van der Waals surface area contributed by atoms with E-state index >= 15 is 0 Å². The average molecular weight is 510 g/mol. The van der Waals surface area contributed by atoms with E-state index in [4.69, 9.17) is 4.74 Å². The molecule has 0 bridgehead atoms. The van der Waals surface area contributed by atoms with Crippen molar-refractivity contribution in [2.24, 2.45) is 4.99 Å². The molecule has 154 valence electrons. The summed E-state index contributed by atoms with van der Waals surface area (Å²) in [5.74, 6) is 1.47. The summed E-state index contributed by atoms with van der Waals surface area (Å²) >= 11 is 0. The van der Waals surface area contributed by atoms with Crippen molar-refractivity contribution in [2.75, 3.05) is 39.5 Å². The first-order chi connectivity index (χ1) is 12.4. The largest absolute Gasteiger partial charge is 0.489 e. The number of halogens is 1. The van der Waals surface area contributed by atoms with Crippen LogP contribution in [0.1, 0.15) is 18.9 Å². The maximum atomic E-state index is 11.6. The van der Waals surface area contributed by atoms with Crippen molar-refractivity contribution in [1.82, 2.24) is 14.9 Å². The first-order valence-electron chi connectivity index (χ1n) is 8.63. The molecule has 0 unspecified atom stereocenters. The second-order valence-electron chi connectivity index (χ2n) is 5.67. The number of benzene rings is 1. The molecule has 0 radical (unpaired) electrons. The molecule has 0 aromatic heterocycles. The molecule has 0 amide bonds. The topological polar surface area (TPSA) is 83.0 Å². The number of aliphatic imine (C=N–C) groups is 1. The van der Waals surface area contributed by atoms with Gasteiger partial charge in [0, 0.05) is 38.8 Å². The Labute approximate surface area is 180 Å². The van der Waals surface area contributed by atoms with Crippen LogP contribution in [0.4, 0.5) is 0 Å². The van der Waals surface area contributed by atoms with Crippen molar-refractivity contribution in [3.63, 3.8) is 0 Å². The molecule has 0 aliphatic heterocycles. The third-order valence-electron chi connectivity index (χ3n) is 3.70. The second-order valence-corrected chi connectivity index (χ2v) is 7.65. The molecule has 1 rings (SSSR count). The number of rotatable bonds is 11. The van der Waals surface area contributed by atoms with Gasteiger partial charge in [0.15, 0.2) is 5.96 Å². The van der Waals surface area contributed by atoms with Crippen LogP contribution in [0.15, 0.2) is 41.9 Å². The highest BCUT2D eigenvalue weighted by atomic mass is 127. The van der Waals surface area contributed by atoms with E-state index in [1.54, 1.807) is 13.1 Å². The SMILES string of the molecule is C=CCOc1ccccc1CNC(=NC)NCCCN(CC)S(C)(=O)=O.I. The van der Waals surface area contributed by atoms with Gasteiger partial charge in [0.2, 0.25) is 10.0 Å². The van der Waals surface area contributed by atoms with Crippen molar-refractivity contribution >= 4 is 40.0 Å². The molecule has 7 nitrogen and oxygen atoms in total. The van der Waals surface area contributed by atoms with Crippen molar-refractivity contribution in [2.45, 2.75) is 19.9 Å². The Morgan fingerprint density at radius 3 is 2.63 bits per heavy atom. The molecule has 1 aromatic rings. The zero-order valence-electron chi connectivity index (χ0n) is 16.3. The third kappa shape index (κ3) is 9.96. The van der Waals surface area contributed by atoms with E-state index in [-0.39, 0.29) is 24.0 Å². The minimum atomic E-state index is -3.14. The van der Waals surface area contributed by atoms with E-state index in [0.717, 1.165) is 11.3 Å². The van der Waals surface area contributed by atoms with Gasteiger partial charge in [-0.25, -0.2) is 12.7 Å². The molecule has 0 fully saturated rings. The highest BCUT2D eigenvalue weighted by molar-refractivity contribution is 14.0. The Morgan fingerprint density at radius 1 is 1.33 bits per heavy atom. The number of nitrogens with zero attached hydrogens (tertiary/aromatic N) is 2. The lowest BCUT2D eigenvalue weighted by Gasteiger charge is -2.18. The van der Waals surface area contributed by atoms with Gasteiger partial charge >= 0.3 is 0 Å². The quantitative estimate of drug-likeness (QED) is 0.157. The second kappa shape index (κ2) is 13.8. The van der Waals surface area contributed by atoms with Crippen LogP contribution in [-0.4, -0.2) is 58.2 Å². The Bertz CT molecular complexity index is 696. The van der Waals surface area contributed by atoms with Gasteiger partial charge in [-0.15, -0.1) is 24.0 Å². The van der Waals surface area contributed by atoms with Gasteiger partial charge in [-0.2, -0.15) is 0 Å². The zero-order valence-corrected chi connectivity index (χ0v) is 19.4. The zero-order chi connectivity index (χ0) is 19.4. The molecule has 0 saturated heterocycles. The Morgan fingerprint density at radius 2 is 2.04 bits per heavy atom. The summed E-state index contributed by atoms with van der Waals surface area (Å²) in [6, 6.07) is 7.79. The van der Waals surface area contributed by atoms with E-state index in [2.05, 4.69) is 22.2 Å². The Kier molecular flexibility index (Phi) is 13.1. The lowest BCUT2D eigenvalue weighted by molar-refractivity contribution is 0.358. The maximum absolute atomic E-state index is 11.6. The Balaban J connectivity index is 0.00000676. The lowest BCUT2D eigenvalue weighted by Crippen LogP contribution is -2.39. The highest BCUT2D eigenvalue weighted by Crippen LogP contribution is 2.17. The smallest absolute Gasteiger partial charge is 0.211 e. The number of hydrogen-bond donors (Lipinski definition) is 2. The third-order valence-corrected chi connectivity index (χ3v) is 5.08. The van der Waals surface area contributed by atoms with Gasteiger partial charge in [0.25, 0.3) is 0 Å². The number of guanidine groups is 1. The molecule has 0 atom stereocenters. The molecule has 0 aliphatic carbocycles. The fraction of sp³-hybridized carbons (Fsp3) is 0.500. The summed E-state index contributed by atoms with van der Waals surface area (Å²) in [5.41, 5.74) is 1.02. The summed E-state index contributed by atoms with van der Waals surface area (Å²) in [6.07, 6.45) is 3.64. The van der Waals surface area contributed by atoms with Crippen LogP contribution in [-0.2, 0) is 16.6 Å². The van der Waals surface area contributed by atoms with Crippen molar-refractivity contribution in [3.8, 4) is 5.75 Å². The molecular weight excluding hydrogens is 479 g/mol. The number of hydrogen-bond acceptors (Lipinski definition) is 4. The van der Waals surface area contributed by atoms with Gasteiger partial charge in [0.05, 0.1) is 6.26 Å². The molecule has 0 heterocycles. The summed E-state index contributed by atoms with van der Waals surface area (Å²) in [6.45, 7) is 8.10. The molecule has 27 heavy (non-hydrogen) atoms. The number of nitrogens with one attached hydrogen (secondary N) is 2. The first-order valence-corrected chi connectivity index (χ1v) is 10.5. The normalized spacial score (nSPS) is 11.6. The molecule has 0 aliphatic rings. The predicted molar refractivity (Wildman–Crippen MR) is 122 cm³/mol. The van der Waals surface area contributed by atoms with E-state index in [9.17, 15) is 8.42 Å². The minimum absolute atomic E-state index is 0. The van der Waals surface area contributed by atoms with Crippen molar-refractivity contribution < 1.29 is 13.2 Å². The number of para-hydroxylation sites is 1. The summed E-state index contributed by atoms with van der Waals surface area (Å²) in [4.78, 5) is 4.19. The molecule has 9 heteroatoms. The maximum Gasteiger partial charge on any atom is 0.211 e. The van der Waals surface area contributed by atoms with Gasteiger partial charge < -0.3 is 15.4 Å². The lowest BCUT2D eigenvalue weighted by atomic mass is 10.2. The van der Waals surface area contributed by atoms with Crippen LogP contribution in [0.5, 0.6) is 5.75 Å². The van der Waals surface area contributed by atoms with Crippen LogP contribution in [0, 0.1) is 0 Å².